The first-order valence-corrected chi connectivity index (χ1v) is 12.8. The van der Waals surface area contributed by atoms with Crippen LogP contribution in [-0.4, -0.2) is 39.7 Å². The second-order valence-corrected chi connectivity index (χ2v) is 10.9. The summed E-state index contributed by atoms with van der Waals surface area (Å²) in [4.78, 5) is 30.4. The zero-order valence-electron chi connectivity index (χ0n) is 19.0. The molecule has 0 aromatic carbocycles. The number of aromatic amines is 1. The molecular weight excluding hydrogens is 523 g/mol. The molecule has 6 nitrogen and oxygen atoms in total. The van der Waals surface area contributed by atoms with Crippen molar-refractivity contribution >= 4 is 45.1 Å². The zero-order valence-corrected chi connectivity index (χ0v) is 22.0. The normalized spacial score (nSPS) is 18.9. The van der Waals surface area contributed by atoms with Gasteiger partial charge in [-0.05, 0) is 77.6 Å². The largest absolute Gasteiger partial charge is 0.361 e. The average molecular weight is 557 g/mol. The van der Waals surface area contributed by atoms with Gasteiger partial charge in [-0.25, -0.2) is 3.11 Å². The Morgan fingerprint density at radius 2 is 1.87 bits per heavy atom. The molecule has 2 heterocycles. The number of halogens is 1. The Kier molecular flexibility index (Phi) is 8.20. The molecule has 8 heteroatoms. The Morgan fingerprint density at radius 1 is 1.23 bits per heavy atom. The van der Waals surface area contributed by atoms with Gasteiger partial charge in [0.15, 0.2) is 0 Å². The molecule has 1 fully saturated rings. The third-order valence-corrected chi connectivity index (χ3v) is 8.29. The number of nitrogens with zero attached hydrogens (tertiary/aromatic N) is 2. The van der Waals surface area contributed by atoms with E-state index in [9.17, 15) is 9.59 Å². The lowest BCUT2D eigenvalue weighted by molar-refractivity contribution is 0.0950. The molecule has 0 bridgehead atoms. The number of pyridine rings is 1. The summed E-state index contributed by atoms with van der Waals surface area (Å²) in [5.74, 6) is -0.120. The number of anilines is 1. The molecule has 2 aromatic rings. The van der Waals surface area contributed by atoms with Crippen LogP contribution in [0.5, 0.6) is 0 Å². The molecular formula is C23H33IN4O2S. The molecule has 170 valence electrons. The van der Waals surface area contributed by atoms with Crippen molar-refractivity contribution in [3.8, 4) is 0 Å². The zero-order chi connectivity index (χ0) is 22.7. The summed E-state index contributed by atoms with van der Waals surface area (Å²) in [5, 5.41) is 6.10. The van der Waals surface area contributed by atoms with Gasteiger partial charge in [0.1, 0.15) is 0 Å². The first-order valence-electron chi connectivity index (χ1n) is 10.9. The van der Waals surface area contributed by atoms with Crippen LogP contribution >= 0.6 is 34.2 Å². The predicted molar refractivity (Wildman–Crippen MR) is 138 cm³/mol. The minimum Gasteiger partial charge on any atom is -0.361 e. The van der Waals surface area contributed by atoms with E-state index in [0.29, 0.717) is 23.2 Å². The van der Waals surface area contributed by atoms with Crippen molar-refractivity contribution in [1.82, 2.24) is 13.4 Å². The molecule has 1 amide bonds. The Morgan fingerprint density at radius 3 is 2.45 bits per heavy atom. The summed E-state index contributed by atoms with van der Waals surface area (Å²) in [5.41, 5.74) is 3.95. The Bertz CT molecular complexity index is 976. The highest BCUT2D eigenvalue weighted by Crippen LogP contribution is 2.36. The maximum Gasteiger partial charge on any atom is 0.253 e. The molecule has 1 aliphatic carbocycles. The molecule has 0 saturated heterocycles. The summed E-state index contributed by atoms with van der Waals surface area (Å²) >= 11 is 4.05. The number of aryl methyl sites for hydroxylation is 2. The highest BCUT2D eigenvalue weighted by atomic mass is 127. The van der Waals surface area contributed by atoms with Gasteiger partial charge in [-0.15, -0.1) is 11.3 Å². The molecule has 1 aliphatic rings. The fourth-order valence-corrected chi connectivity index (χ4v) is 6.34. The van der Waals surface area contributed by atoms with Gasteiger partial charge in [0, 0.05) is 64.7 Å². The maximum atomic E-state index is 12.9. The first kappa shape index (κ1) is 24.3. The third-order valence-electron chi connectivity index (χ3n) is 6.39. The van der Waals surface area contributed by atoms with Gasteiger partial charge in [-0.3, -0.25) is 9.59 Å². The second-order valence-electron chi connectivity index (χ2n) is 8.48. The quantitative estimate of drug-likeness (QED) is 0.383. The lowest BCUT2D eigenvalue weighted by atomic mass is 9.90. The molecule has 2 N–H and O–H groups in total. The second kappa shape index (κ2) is 10.5. The van der Waals surface area contributed by atoms with Gasteiger partial charge < -0.3 is 15.2 Å². The maximum absolute atomic E-state index is 12.9. The highest BCUT2D eigenvalue weighted by molar-refractivity contribution is 14.1. The van der Waals surface area contributed by atoms with Gasteiger partial charge in [0.2, 0.25) is 0 Å². The molecule has 31 heavy (non-hydrogen) atoms. The number of thiophene rings is 1. The van der Waals surface area contributed by atoms with Gasteiger partial charge >= 0.3 is 0 Å². The van der Waals surface area contributed by atoms with E-state index in [4.69, 9.17) is 0 Å². The SMILES string of the molecule is CCN(c1scc(C(=O)NCc2c(C)cc(C)[nH]c2=O)c1C)C1CCC(N(C)I)CC1. The summed E-state index contributed by atoms with van der Waals surface area (Å²) in [7, 11) is 2.16. The van der Waals surface area contributed by atoms with E-state index in [1.165, 1.54) is 30.7 Å². The Hall–Kier alpha value is -1.39. The number of carbonyl (C=O) groups is 1. The third kappa shape index (κ3) is 5.51. The van der Waals surface area contributed by atoms with Crippen molar-refractivity contribution in [2.75, 3.05) is 18.5 Å². The van der Waals surface area contributed by atoms with Crippen molar-refractivity contribution in [2.45, 2.75) is 72.0 Å². The van der Waals surface area contributed by atoms with Crippen LogP contribution in [0.4, 0.5) is 5.00 Å². The number of nitrogens with one attached hydrogen (secondary N) is 2. The van der Waals surface area contributed by atoms with Gasteiger partial charge in [-0.1, -0.05) is 0 Å². The molecule has 0 unspecified atom stereocenters. The smallest absolute Gasteiger partial charge is 0.253 e. The summed E-state index contributed by atoms with van der Waals surface area (Å²) in [6, 6.07) is 3.12. The van der Waals surface area contributed by atoms with Gasteiger partial charge in [0.25, 0.3) is 11.5 Å². The van der Waals surface area contributed by atoms with Crippen LogP contribution in [0.1, 0.15) is 65.3 Å². The van der Waals surface area contributed by atoms with Crippen molar-refractivity contribution in [3.63, 3.8) is 0 Å². The van der Waals surface area contributed by atoms with Crippen molar-refractivity contribution < 1.29 is 4.79 Å². The lowest BCUT2D eigenvalue weighted by Gasteiger charge is -2.38. The standard InChI is InChI=1S/C23H33IN4O2S/c1-6-28(18-9-7-17(8-10-18)27(5)24)23-16(4)20(13-31-23)21(29)25-12-19-14(2)11-15(3)26-22(19)30/h11,13,17-18H,6-10,12H2,1-5H3,(H,25,29)(H,26,30). The van der Waals surface area contributed by atoms with Crippen LogP contribution in [0.15, 0.2) is 16.2 Å². The van der Waals surface area contributed by atoms with Crippen molar-refractivity contribution in [2.24, 2.45) is 0 Å². The van der Waals surface area contributed by atoms with Crippen molar-refractivity contribution in [1.29, 1.82) is 0 Å². The minimum atomic E-state index is -0.134. The van der Waals surface area contributed by atoms with Crippen LogP contribution in [0, 0.1) is 20.8 Å². The van der Waals surface area contributed by atoms with Gasteiger partial charge in [0.05, 0.1) is 10.6 Å². The van der Waals surface area contributed by atoms with E-state index in [2.05, 4.69) is 55.1 Å². The summed E-state index contributed by atoms with van der Waals surface area (Å²) in [6.07, 6.45) is 4.78. The van der Waals surface area contributed by atoms with Crippen LogP contribution < -0.4 is 15.8 Å². The number of amides is 1. The monoisotopic (exact) mass is 556 g/mol. The van der Waals surface area contributed by atoms with E-state index in [1.807, 2.05) is 32.2 Å². The number of hydrogen-bond acceptors (Lipinski definition) is 5. The Labute approximate surface area is 202 Å². The molecule has 1 saturated carbocycles. The van der Waals surface area contributed by atoms with E-state index < -0.39 is 0 Å². The topological polar surface area (TPSA) is 68.4 Å². The van der Waals surface area contributed by atoms with E-state index in [1.54, 1.807) is 11.3 Å². The number of hydrogen-bond donors (Lipinski definition) is 2. The van der Waals surface area contributed by atoms with Crippen LogP contribution in [0.25, 0.3) is 0 Å². The summed E-state index contributed by atoms with van der Waals surface area (Å²) in [6.45, 7) is 9.17. The predicted octanol–water partition coefficient (Wildman–Crippen LogP) is 4.71. The molecule has 2 aromatic heterocycles. The lowest BCUT2D eigenvalue weighted by Crippen LogP contribution is -2.41. The molecule has 3 rings (SSSR count). The molecule has 0 spiro atoms. The molecule has 0 aliphatic heterocycles. The number of H-pyrrole nitrogens is 1. The van der Waals surface area contributed by atoms with Crippen LogP contribution in [-0.2, 0) is 6.54 Å². The van der Waals surface area contributed by atoms with E-state index in [0.717, 1.165) is 23.4 Å². The van der Waals surface area contributed by atoms with Crippen LogP contribution in [0.2, 0.25) is 0 Å². The number of carbonyl (C=O) groups excluding carboxylic acids is 1. The first-order chi connectivity index (χ1) is 14.7. The summed E-state index contributed by atoms with van der Waals surface area (Å²) < 4.78 is 2.31. The molecule has 0 atom stereocenters. The molecule has 0 radical (unpaired) electrons. The van der Waals surface area contributed by atoms with Gasteiger partial charge in [-0.2, -0.15) is 0 Å². The van der Waals surface area contributed by atoms with Crippen molar-refractivity contribution in [3.05, 3.63) is 49.7 Å². The minimum absolute atomic E-state index is 0.120. The fourth-order valence-electron chi connectivity index (χ4n) is 4.57. The van der Waals surface area contributed by atoms with Crippen LogP contribution in [0.3, 0.4) is 0 Å². The highest BCUT2D eigenvalue weighted by Gasteiger charge is 2.29. The van der Waals surface area contributed by atoms with E-state index >= 15 is 0 Å². The fraction of sp³-hybridized carbons (Fsp3) is 0.565. The Balaban J connectivity index is 1.70. The number of rotatable bonds is 7. The number of aromatic nitrogens is 1. The van der Waals surface area contributed by atoms with E-state index in [-0.39, 0.29) is 18.0 Å². The average Bonchev–Trinajstić information content (AvgIpc) is 3.09.